The zero-order valence-electron chi connectivity index (χ0n) is 9.75. The summed E-state index contributed by atoms with van der Waals surface area (Å²) in [5, 5.41) is 12.3. The third-order valence-electron chi connectivity index (χ3n) is 2.55. The predicted molar refractivity (Wildman–Crippen MR) is 63.9 cm³/mol. The van der Waals surface area contributed by atoms with Crippen molar-refractivity contribution in [1.82, 2.24) is 9.78 Å². The number of alkyl halides is 2. The molecule has 0 aliphatic heterocycles. The van der Waals surface area contributed by atoms with E-state index >= 15 is 0 Å². The Hall–Kier alpha value is -2.44. The molecule has 100 valence electrons. The number of nitrogen functional groups attached to an aromatic ring is 1. The summed E-state index contributed by atoms with van der Waals surface area (Å²) < 4.78 is 28.7. The zero-order valence-corrected chi connectivity index (χ0v) is 9.75. The van der Waals surface area contributed by atoms with Crippen LogP contribution in [0.1, 0.15) is 16.1 Å². The Labute approximate surface area is 107 Å². The second-order valence-electron chi connectivity index (χ2n) is 4.01. The number of anilines is 1. The Balaban J connectivity index is 2.26. The number of carboxylic acid groups (broad SMARTS) is 1. The Morgan fingerprint density at radius 2 is 2.00 bits per heavy atom. The molecule has 0 spiro atoms. The van der Waals surface area contributed by atoms with Crippen LogP contribution >= 0.6 is 0 Å². The van der Waals surface area contributed by atoms with Gasteiger partial charge in [0.1, 0.15) is 6.54 Å². The van der Waals surface area contributed by atoms with Gasteiger partial charge < -0.3 is 10.8 Å². The normalized spacial score (nSPS) is 11.5. The summed E-state index contributed by atoms with van der Waals surface area (Å²) in [5.41, 5.74) is 4.66. The van der Waals surface area contributed by atoms with Crippen molar-refractivity contribution in [3.63, 3.8) is 0 Å². The van der Waals surface area contributed by atoms with Gasteiger partial charge in [-0.25, -0.2) is 4.79 Å². The number of carbonyl (C=O) groups is 1. The number of nitrogens with zero attached hydrogens (tertiary/aromatic N) is 2. The number of aromatic nitrogens is 2. The van der Waals surface area contributed by atoms with Gasteiger partial charge in [-0.1, -0.05) is 30.3 Å². The molecule has 5 nitrogen and oxygen atoms in total. The number of hydrogen-bond donors (Lipinski definition) is 2. The van der Waals surface area contributed by atoms with Gasteiger partial charge >= 0.3 is 5.97 Å². The highest BCUT2D eigenvalue weighted by molar-refractivity contribution is 5.91. The van der Waals surface area contributed by atoms with E-state index in [1.54, 1.807) is 6.07 Å². The lowest BCUT2D eigenvalue weighted by molar-refractivity contribution is -0.0255. The molecule has 1 aromatic carbocycles. The van der Waals surface area contributed by atoms with Gasteiger partial charge in [0.05, 0.1) is 5.69 Å². The van der Waals surface area contributed by atoms with Gasteiger partial charge in [-0.15, -0.1) is 0 Å². The van der Waals surface area contributed by atoms with Gasteiger partial charge in [-0.05, 0) is 0 Å². The first-order valence-corrected chi connectivity index (χ1v) is 5.40. The summed E-state index contributed by atoms with van der Waals surface area (Å²) in [6, 6.07) is 7.23. The molecule has 2 rings (SSSR count). The predicted octanol–water partition coefficient (Wildman–Crippen LogP) is 1.96. The lowest BCUT2D eigenvalue weighted by Gasteiger charge is -2.16. The van der Waals surface area contributed by atoms with E-state index in [4.69, 9.17) is 10.8 Å². The van der Waals surface area contributed by atoms with E-state index in [0.29, 0.717) is 0 Å². The highest BCUT2D eigenvalue weighted by Crippen LogP contribution is 2.29. The molecule has 0 saturated carbocycles. The molecular formula is C12H11F2N3O2. The maximum atomic E-state index is 13.9. The highest BCUT2D eigenvalue weighted by Gasteiger charge is 2.32. The van der Waals surface area contributed by atoms with E-state index in [0.717, 1.165) is 10.9 Å². The van der Waals surface area contributed by atoms with Crippen LogP contribution in [0.2, 0.25) is 0 Å². The monoisotopic (exact) mass is 267 g/mol. The van der Waals surface area contributed by atoms with E-state index < -0.39 is 24.1 Å². The minimum Gasteiger partial charge on any atom is -0.476 e. The molecule has 0 amide bonds. The first-order valence-electron chi connectivity index (χ1n) is 5.40. The fourth-order valence-electron chi connectivity index (χ4n) is 1.66. The minimum absolute atomic E-state index is 0.142. The number of rotatable bonds is 4. The van der Waals surface area contributed by atoms with Crippen LogP contribution in [0.3, 0.4) is 0 Å². The van der Waals surface area contributed by atoms with E-state index in [1.165, 1.54) is 24.3 Å². The molecule has 0 bridgehead atoms. The maximum Gasteiger partial charge on any atom is 0.358 e. The van der Waals surface area contributed by atoms with Crippen molar-refractivity contribution in [2.45, 2.75) is 12.5 Å². The van der Waals surface area contributed by atoms with Crippen molar-refractivity contribution in [1.29, 1.82) is 0 Å². The van der Waals surface area contributed by atoms with Gasteiger partial charge in [0.15, 0.2) is 5.69 Å². The van der Waals surface area contributed by atoms with Crippen LogP contribution in [0.5, 0.6) is 0 Å². The zero-order chi connectivity index (χ0) is 14.0. The van der Waals surface area contributed by atoms with Gasteiger partial charge in [0, 0.05) is 11.8 Å². The van der Waals surface area contributed by atoms with Crippen molar-refractivity contribution in [2.75, 3.05) is 5.73 Å². The number of halogens is 2. The van der Waals surface area contributed by atoms with Crippen LogP contribution in [0.25, 0.3) is 0 Å². The highest BCUT2D eigenvalue weighted by atomic mass is 19.3. The minimum atomic E-state index is -3.16. The van der Waals surface area contributed by atoms with Crippen molar-refractivity contribution in [3.8, 4) is 0 Å². The standard InChI is InChI=1S/C12H11F2N3O2/c13-12(14,8-4-2-1-3-5-8)7-17-6-9(15)10(16-17)11(18)19/h1-6H,7,15H2,(H,18,19). The topological polar surface area (TPSA) is 81.1 Å². The molecule has 0 fully saturated rings. The second kappa shape index (κ2) is 4.68. The molecule has 7 heteroatoms. The smallest absolute Gasteiger partial charge is 0.358 e. The maximum absolute atomic E-state index is 13.9. The number of benzene rings is 1. The number of nitrogens with two attached hydrogens (primary N) is 1. The summed E-state index contributed by atoms with van der Waals surface area (Å²) in [6.45, 7) is -0.769. The Morgan fingerprint density at radius 1 is 1.37 bits per heavy atom. The first kappa shape index (κ1) is 13.0. The molecule has 0 radical (unpaired) electrons. The third-order valence-corrected chi connectivity index (χ3v) is 2.55. The van der Waals surface area contributed by atoms with Gasteiger partial charge in [-0.3, -0.25) is 4.68 Å². The van der Waals surface area contributed by atoms with Crippen molar-refractivity contribution in [3.05, 3.63) is 47.8 Å². The van der Waals surface area contributed by atoms with Crippen LogP contribution in [-0.4, -0.2) is 20.9 Å². The summed E-state index contributed by atoms with van der Waals surface area (Å²) in [4.78, 5) is 10.7. The molecule has 0 saturated heterocycles. The van der Waals surface area contributed by atoms with Crippen LogP contribution in [0.15, 0.2) is 36.5 Å². The van der Waals surface area contributed by atoms with E-state index in [2.05, 4.69) is 5.10 Å². The largest absolute Gasteiger partial charge is 0.476 e. The fourth-order valence-corrected chi connectivity index (χ4v) is 1.66. The number of carboxylic acids is 1. The fraction of sp³-hybridized carbons (Fsp3) is 0.167. The molecule has 0 unspecified atom stereocenters. The van der Waals surface area contributed by atoms with Crippen LogP contribution in [-0.2, 0) is 12.5 Å². The molecule has 1 heterocycles. The van der Waals surface area contributed by atoms with Crippen molar-refractivity contribution >= 4 is 11.7 Å². The van der Waals surface area contributed by atoms with Crippen molar-refractivity contribution < 1.29 is 18.7 Å². The third kappa shape index (κ3) is 2.70. The summed E-state index contributed by atoms with van der Waals surface area (Å²) >= 11 is 0. The van der Waals surface area contributed by atoms with Crippen LogP contribution in [0.4, 0.5) is 14.5 Å². The molecule has 0 aliphatic carbocycles. The summed E-state index contributed by atoms with van der Waals surface area (Å²) in [5.74, 6) is -4.51. The molecule has 1 aromatic heterocycles. The molecule has 3 N–H and O–H groups in total. The molecule has 2 aromatic rings. The summed E-state index contributed by atoms with van der Waals surface area (Å²) in [6.07, 6.45) is 1.08. The van der Waals surface area contributed by atoms with Gasteiger partial charge in [-0.2, -0.15) is 13.9 Å². The van der Waals surface area contributed by atoms with Crippen LogP contribution in [0, 0.1) is 0 Å². The van der Waals surface area contributed by atoms with Crippen LogP contribution < -0.4 is 5.73 Å². The lowest BCUT2D eigenvalue weighted by atomic mass is 10.1. The SMILES string of the molecule is Nc1cn(CC(F)(F)c2ccccc2)nc1C(=O)O. The van der Waals surface area contributed by atoms with E-state index in [9.17, 15) is 13.6 Å². The second-order valence-corrected chi connectivity index (χ2v) is 4.01. The Bertz CT molecular complexity index is 596. The average Bonchev–Trinajstić information content (AvgIpc) is 2.71. The molecular weight excluding hydrogens is 256 g/mol. The molecule has 19 heavy (non-hydrogen) atoms. The summed E-state index contributed by atoms with van der Waals surface area (Å²) in [7, 11) is 0. The van der Waals surface area contributed by atoms with Crippen molar-refractivity contribution in [2.24, 2.45) is 0 Å². The Kier molecular flexibility index (Phi) is 3.20. The van der Waals surface area contributed by atoms with E-state index in [1.807, 2.05) is 0 Å². The Morgan fingerprint density at radius 3 is 2.53 bits per heavy atom. The van der Waals surface area contributed by atoms with E-state index in [-0.39, 0.29) is 11.3 Å². The molecule has 0 atom stereocenters. The number of aromatic carboxylic acids is 1. The molecule has 0 aliphatic rings. The number of hydrogen-bond acceptors (Lipinski definition) is 3. The quantitative estimate of drug-likeness (QED) is 0.887. The first-order chi connectivity index (χ1) is 8.90. The van der Waals surface area contributed by atoms with Gasteiger partial charge in [0.2, 0.25) is 0 Å². The lowest BCUT2D eigenvalue weighted by Crippen LogP contribution is -2.22. The van der Waals surface area contributed by atoms with Gasteiger partial charge in [0.25, 0.3) is 5.92 Å². The average molecular weight is 267 g/mol.